The lowest BCUT2D eigenvalue weighted by Crippen LogP contribution is -2.09. The molecule has 0 saturated heterocycles. The molecule has 90 valence electrons. The number of aryl methyl sites for hydroxylation is 1. The van der Waals surface area contributed by atoms with Gasteiger partial charge >= 0.3 is 0 Å². The minimum Gasteiger partial charge on any atom is -0.330 e. The molecule has 0 spiro atoms. The Labute approximate surface area is 101 Å². The SMILES string of the molecule is Cc1csc(CC(=O)CCC(C)CCN)n1. The molecule has 1 unspecified atom stereocenters. The quantitative estimate of drug-likeness (QED) is 0.795. The maximum Gasteiger partial charge on any atom is 0.139 e. The number of Topliss-reactive ketones (excluding diaryl/α,β-unsaturated/α-hetero) is 1. The van der Waals surface area contributed by atoms with Crippen LogP contribution in [-0.2, 0) is 11.2 Å². The van der Waals surface area contributed by atoms with Crippen molar-refractivity contribution in [2.45, 2.75) is 39.5 Å². The van der Waals surface area contributed by atoms with Gasteiger partial charge < -0.3 is 5.73 Å². The highest BCUT2D eigenvalue weighted by molar-refractivity contribution is 7.09. The van der Waals surface area contributed by atoms with Crippen molar-refractivity contribution in [3.63, 3.8) is 0 Å². The van der Waals surface area contributed by atoms with Crippen molar-refractivity contribution in [2.75, 3.05) is 6.54 Å². The van der Waals surface area contributed by atoms with Gasteiger partial charge in [-0.2, -0.15) is 0 Å². The van der Waals surface area contributed by atoms with Gasteiger partial charge in [0.05, 0.1) is 6.42 Å². The molecule has 1 rings (SSSR count). The molecule has 0 aliphatic carbocycles. The van der Waals surface area contributed by atoms with Crippen molar-refractivity contribution in [1.82, 2.24) is 4.98 Å². The van der Waals surface area contributed by atoms with Crippen LogP contribution in [0.4, 0.5) is 0 Å². The Morgan fingerprint density at radius 1 is 1.56 bits per heavy atom. The van der Waals surface area contributed by atoms with Crippen LogP contribution in [0.15, 0.2) is 5.38 Å². The summed E-state index contributed by atoms with van der Waals surface area (Å²) in [7, 11) is 0. The topological polar surface area (TPSA) is 56.0 Å². The zero-order valence-electron chi connectivity index (χ0n) is 10.0. The fourth-order valence-electron chi connectivity index (χ4n) is 1.58. The molecule has 1 heterocycles. The minimum atomic E-state index is 0.290. The van der Waals surface area contributed by atoms with Crippen molar-refractivity contribution in [3.8, 4) is 0 Å². The highest BCUT2D eigenvalue weighted by atomic mass is 32.1. The third kappa shape index (κ3) is 4.86. The molecule has 1 atom stereocenters. The van der Waals surface area contributed by atoms with Crippen molar-refractivity contribution >= 4 is 17.1 Å². The molecule has 0 fully saturated rings. The van der Waals surface area contributed by atoms with Crippen LogP contribution in [0.5, 0.6) is 0 Å². The Hall–Kier alpha value is -0.740. The van der Waals surface area contributed by atoms with Crippen molar-refractivity contribution in [1.29, 1.82) is 0 Å². The normalized spacial score (nSPS) is 12.7. The fourth-order valence-corrected chi connectivity index (χ4v) is 2.38. The highest BCUT2D eigenvalue weighted by Crippen LogP contribution is 2.13. The molecule has 4 heteroatoms. The molecule has 0 radical (unpaired) electrons. The van der Waals surface area contributed by atoms with E-state index in [-0.39, 0.29) is 0 Å². The number of carbonyl (C=O) groups is 1. The zero-order valence-corrected chi connectivity index (χ0v) is 10.8. The Morgan fingerprint density at radius 3 is 2.88 bits per heavy atom. The summed E-state index contributed by atoms with van der Waals surface area (Å²) in [6, 6.07) is 0. The van der Waals surface area contributed by atoms with Gasteiger partial charge in [-0.3, -0.25) is 4.79 Å². The van der Waals surface area contributed by atoms with Crippen LogP contribution in [0, 0.1) is 12.8 Å². The van der Waals surface area contributed by atoms with Crippen LogP contribution in [0.2, 0.25) is 0 Å². The van der Waals surface area contributed by atoms with E-state index in [1.807, 2.05) is 12.3 Å². The standard InChI is InChI=1S/C12H20N2OS/c1-9(5-6-13)3-4-11(15)7-12-14-10(2)8-16-12/h8-9H,3-7,13H2,1-2H3. The summed E-state index contributed by atoms with van der Waals surface area (Å²) in [5, 5.41) is 2.92. The number of aromatic nitrogens is 1. The highest BCUT2D eigenvalue weighted by Gasteiger charge is 2.09. The predicted octanol–water partition coefficient (Wildman–Crippen LogP) is 2.33. The van der Waals surface area contributed by atoms with E-state index < -0.39 is 0 Å². The largest absolute Gasteiger partial charge is 0.330 e. The summed E-state index contributed by atoms with van der Waals surface area (Å²) in [5.74, 6) is 0.838. The summed E-state index contributed by atoms with van der Waals surface area (Å²) >= 11 is 1.57. The van der Waals surface area contributed by atoms with E-state index in [2.05, 4.69) is 11.9 Å². The van der Waals surface area contributed by atoms with Gasteiger partial charge in [-0.1, -0.05) is 6.92 Å². The van der Waals surface area contributed by atoms with Crippen LogP contribution in [0.1, 0.15) is 36.9 Å². The first kappa shape index (κ1) is 13.3. The summed E-state index contributed by atoms with van der Waals surface area (Å²) < 4.78 is 0. The number of thiazole rings is 1. The van der Waals surface area contributed by atoms with Crippen molar-refractivity contribution in [3.05, 3.63) is 16.1 Å². The summed E-state index contributed by atoms with van der Waals surface area (Å²) in [6.07, 6.45) is 3.09. The molecule has 0 aliphatic heterocycles. The number of ketones is 1. The van der Waals surface area contributed by atoms with Crippen LogP contribution in [0.3, 0.4) is 0 Å². The van der Waals surface area contributed by atoms with Crippen LogP contribution >= 0.6 is 11.3 Å². The third-order valence-corrected chi connectivity index (χ3v) is 3.56. The maximum absolute atomic E-state index is 11.7. The van der Waals surface area contributed by atoms with E-state index in [9.17, 15) is 4.79 Å². The molecule has 0 saturated carbocycles. The maximum atomic E-state index is 11.7. The van der Waals surface area contributed by atoms with Gasteiger partial charge in [0.25, 0.3) is 0 Å². The van der Waals surface area contributed by atoms with Crippen LogP contribution in [-0.4, -0.2) is 17.3 Å². The molecule has 0 aliphatic rings. The van der Waals surface area contributed by atoms with Gasteiger partial charge in [-0.05, 0) is 32.2 Å². The van der Waals surface area contributed by atoms with E-state index in [1.54, 1.807) is 11.3 Å². The Morgan fingerprint density at radius 2 is 2.31 bits per heavy atom. The molecular weight excluding hydrogens is 220 g/mol. The summed E-state index contributed by atoms with van der Waals surface area (Å²) in [6.45, 7) is 4.81. The molecule has 3 nitrogen and oxygen atoms in total. The second kappa shape index (κ2) is 6.76. The third-order valence-electron chi connectivity index (χ3n) is 2.59. The van der Waals surface area contributed by atoms with Crippen LogP contribution < -0.4 is 5.73 Å². The molecule has 1 aromatic rings. The number of carbonyl (C=O) groups excluding carboxylic acids is 1. The zero-order chi connectivity index (χ0) is 12.0. The predicted molar refractivity (Wildman–Crippen MR) is 67.6 cm³/mol. The molecule has 0 amide bonds. The second-order valence-corrected chi connectivity index (χ2v) is 5.26. The lowest BCUT2D eigenvalue weighted by atomic mass is 9.99. The van der Waals surface area contributed by atoms with Gasteiger partial charge in [0.1, 0.15) is 10.8 Å². The van der Waals surface area contributed by atoms with Crippen molar-refractivity contribution < 1.29 is 4.79 Å². The lowest BCUT2D eigenvalue weighted by Gasteiger charge is -2.08. The molecule has 0 bridgehead atoms. The van der Waals surface area contributed by atoms with Crippen LogP contribution in [0.25, 0.3) is 0 Å². The fraction of sp³-hybridized carbons (Fsp3) is 0.667. The Kier molecular flexibility index (Phi) is 5.63. The van der Waals surface area contributed by atoms with E-state index >= 15 is 0 Å². The van der Waals surface area contributed by atoms with Gasteiger partial charge in [0.2, 0.25) is 0 Å². The molecule has 0 aromatic carbocycles. The van der Waals surface area contributed by atoms with Gasteiger partial charge in [0, 0.05) is 17.5 Å². The van der Waals surface area contributed by atoms with E-state index in [0.29, 0.717) is 31.1 Å². The first-order chi connectivity index (χ1) is 7.61. The first-order valence-corrected chi connectivity index (χ1v) is 6.62. The van der Waals surface area contributed by atoms with E-state index in [0.717, 1.165) is 23.5 Å². The number of nitrogens with two attached hydrogens (primary N) is 1. The first-order valence-electron chi connectivity index (χ1n) is 5.74. The summed E-state index contributed by atoms with van der Waals surface area (Å²) in [4.78, 5) is 16.0. The van der Waals surface area contributed by atoms with E-state index in [4.69, 9.17) is 5.73 Å². The van der Waals surface area contributed by atoms with Gasteiger partial charge in [-0.15, -0.1) is 11.3 Å². The Bertz CT molecular complexity index is 336. The molecule has 1 aromatic heterocycles. The number of hydrogen-bond acceptors (Lipinski definition) is 4. The minimum absolute atomic E-state index is 0.290. The number of rotatable bonds is 7. The molecule has 16 heavy (non-hydrogen) atoms. The van der Waals surface area contributed by atoms with Gasteiger partial charge in [-0.25, -0.2) is 4.98 Å². The average molecular weight is 240 g/mol. The average Bonchev–Trinajstić information content (AvgIpc) is 2.61. The molecular formula is C12H20N2OS. The monoisotopic (exact) mass is 240 g/mol. The smallest absolute Gasteiger partial charge is 0.139 e. The molecule has 2 N–H and O–H groups in total. The summed E-state index contributed by atoms with van der Waals surface area (Å²) in [5.41, 5.74) is 6.47. The van der Waals surface area contributed by atoms with E-state index in [1.165, 1.54) is 0 Å². The Balaban J connectivity index is 2.26. The van der Waals surface area contributed by atoms with Crippen molar-refractivity contribution in [2.24, 2.45) is 11.7 Å². The van der Waals surface area contributed by atoms with Gasteiger partial charge in [0.15, 0.2) is 0 Å². The number of hydrogen-bond donors (Lipinski definition) is 1. The lowest BCUT2D eigenvalue weighted by molar-refractivity contribution is -0.118. The second-order valence-electron chi connectivity index (χ2n) is 4.32. The number of nitrogens with zero attached hydrogens (tertiary/aromatic N) is 1.